The number of fused-ring (bicyclic) bond motifs is 1. The van der Waals surface area contributed by atoms with Crippen molar-refractivity contribution < 1.29 is 0 Å². The van der Waals surface area contributed by atoms with Crippen molar-refractivity contribution in [1.82, 2.24) is 14.9 Å². The monoisotopic (exact) mass is 319 g/mol. The van der Waals surface area contributed by atoms with Crippen LogP contribution in [0.25, 0.3) is 10.9 Å². The largest absolute Gasteiger partial charge is 0.358 e. The van der Waals surface area contributed by atoms with Crippen LogP contribution in [0, 0.1) is 12.8 Å². The lowest BCUT2D eigenvalue weighted by molar-refractivity contribution is 0.158. The van der Waals surface area contributed by atoms with Gasteiger partial charge >= 0.3 is 0 Å². The van der Waals surface area contributed by atoms with Gasteiger partial charge in [0.1, 0.15) is 0 Å². The Morgan fingerprint density at radius 3 is 2.54 bits per heavy atom. The molecule has 1 N–H and O–H groups in total. The first kappa shape index (κ1) is 15.4. The van der Waals surface area contributed by atoms with E-state index in [0.717, 1.165) is 19.0 Å². The Morgan fingerprint density at radius 2 is 1.79 bits per heavy atom. The summed E-state index contributed by atoms with van der Waals surface area (Å²) in [6, 6.07) is 13.3. The van der Waals surface area contributed by atoms with Crippen molar-refractivity contribution in [3.05, 3.63) is 65.6 Å². The number of nitrogens with one attached hydrogen (secondary N) is 1. The summed E-state index contributed by atoms with van der Waals surface area (Å²) in [5.41, 5.74) is 5.27. The lowest BCUT2D eigenvalue weighted by Crippen LogP contribution is -2.37. The quantitative estimate of drug-likeness (QED) is 0.759. The molecule has 1 fully saturated rings. The fraction of sp³-hybridized carbons (Fsp3) is 0.381. The normalized spacial score (nSPS) is 18.1. The molecule has 24 heavy (non-hydrogen) atoms. The number of rotatable bonds is 3. The molecule has 0 spiro atoms. The van der Waals surface area contributed by atoms with Crippen LogP contribution in [0.4, 0.5) is 0 Å². The molecule has 3 aromatic rings. The van der Waals surface area contributed by atoms with Crippen molar-refractivity contribution in [1.29, 1.82) is 0 Å². The number of para-hydroxylation sites is 1. The number of aromatic amines is 1. The molecule has 0 aliphatic carbocycles. The van der Waals surface area contributed by atoms with Crippen LogP contribution in [0.2, 0.25) is 0 Å². The van der Waals surface area contributed by atoms with E-state index in [4.69, 9.17) is 0 Å². The van der Waals surface area contributed by atoms with Crippen LogP contribution in [0.15, 0.2) is 48.8 Å². The molecular formula is C21H25N3. The number of hydrogen-bond acceptors (Lipinski definition) is 2. The Labute approximate surface area is 143 Å². The zero-order valence-electron chi connectivity index (χ0n) is 14.5. The van der Waals surface area contributed by atoms with Crippen LogP contribution in [0.1, 0.15) is 42.6 Å². The van der Waals surface area contributed by atoms with Gasteiger partial charge in [0.05, 0.1) is 6.04 Å². The number of pyridine rings is 1. The molecule has 0 amide bonds. The molecule has 3 heteroatoms. The summed E-state index contributed by atoms with van der Waals surface area (Å²) in [7, 11) is 0. The van der Waals surface area contributed by atoms with Crippen molar-refractivity contribution in [2.75, 3.05) is 13.1 Å². The molecule has 1 aliphatic rings. The van der Waals surface area contributed by atoms with Gasteiger partial charge in [-0.1, -0.05) is 25.1 Å². The third kappa shape index (κ3) is 2.73. The molecule has 3 heterocycles. The van der Waals surface area contributed by atoms with Gasteiger partial charge in [-0.25, -0.2) is 0 Å². The highest BCUT2D eigenvalue weighted by molar-refractivity contribution is 5.85. The van der Waals surface area contributed by atoms with Gasteiger partial charge in [0.2, 0.25) is 0 Å². The minimum Gasteiger partial charge on any atom is -0.358 e. The van der Waals surface area contributed by atoms with E-state index < -0.39 is 0 Å². The predicted octanol–water partition coefficient (Wildman–Crippen LogP) is 4.69. The Balaban J connectivity index is 1.84. The Kier molecular flexibility index (Phi) is 4.11. The van der Waals surface area contributed by atoms with E-state index in [9.17, 15) is 0 Å². The van der Waals surface area contributed by atoms with Crippen molar-refractivity contribution in [2.45, 2.75) is 32.7 Å². The van der Waals surface area contributed by atoms with E-state index in [0.29, 0.717) is 6.04 Å². The minimum absolute atomic E-state index is 0.302. The number of aryl methyl sites for hydroxylation is 1. The molecule has 1 aliphatic heterocycles. The van der Waals surface area contributed by atoms with Crippen LogP contribution < -0.4 is 0 Å². The fourth-order valence-electron chi connectivity index (χ4n) is 4.04. The maximum Gasteiger partial charge on any atom is 0.0626 e. The van der Waals surface area contributed by atoms with E-state index in [2.05, 4.69) is 65.1 Å². The summed E-state index contributed by atoms with van der Waals surface area (Å²) in [6.07, 6.45) is 6.39. The average molecular weight is 319 g/mol. The second kappa shape index (κ2) is 6.40. The van der Waals surface area contributed by atoms with Gasteiger partial charge in [0, 0.05) is 34.6 Å². The highest BCUT2D eigenvalue weighted by Gasteiger charge is 2.29. The van der Waals surface area contributed by atoms with E-state index in [1.165, 1.54) is 40.6 Å². The first-order valence-corrected chi connectivity index (χ1v) is 8.95. The first-order chi connectivity index (χ1) is 11.7. The molecule has 3 nitrogen and oxygen atoms in total. The van der Waals surface area contributed by atoms with Crippen molar-refractivity contribution in [3.63, 3.8) is 0 Å². The van der Waals surface area contributed by atoms with Crippen LogP contribution in [-0.4, -0.2) is 28.0 Å². The summed E-state index contributed by atoms with van der Waals surface area (Å²) < 4.78 is 0. The standard InChI is InChI=1S/C21H25N3/c1-15-9-13-24(14-10-15)21(17-7-11-22-12-8-17)20-16(2)23-19-6-4-3-5-18(19)20/h3-8,11-12,15,21,23H,9-10,13-14H2,1-2H3/t21-/m0/s1. The van der Waals surface area contributed by atoms with E-state index in [-0.39, 0.29) is 0 Å². The molecule has 1 saturated heterocycles. The van der Waals surface area contributed by atoms with E-state index in [1.807, 2.05) is 12.4 Å². The second-order valence-corrected chi connectivity index (χ2v) is 7.11. The molecule has 1 aromatic carbocycles. The van der Waals surface area contributed by atoms with E-state index >= 15 is 0 Å². The van der Waals surface area contributed by atoms with Crippen molar-refractivity contribution in [3.8, 4) is 0 Å². The number of nitrogens with zero attached hydrogens (tertiary/aromatic N) is 2. The molecule has 124 valence electrons. The topological polar surface area (TPSA) is 31.9 Å². The summed E-state index contributed by atoms with van der Waals surface area (Å²) in [6.45, 7) is 6.89. The first-order valence-electron chi connectivity index (χ1n) is 8.95. The Bertz CT molecular complexity index is 813. The number of aromatic nitrogens is 2. The van der Waals surface area contributed by atoms with Crippen LogP contribution in [0.5, 0.6) is 0 Å². The maximum absolute atomic E-state index is 4.22. The SMILES string of the molecule is Cc1[nH]c2ccccc2c1[C@H](c1ccncc1)N1CCC(C)CC1. The zero-order valence-corrected chi connectivity index (χ0v) is 14.5. The Morgan fingerprint density at radius 1 is 1.08 bits per heavy atom. The number of likely N-dealkylation sites (tertiary alicyclic amines) is 1. The van der Waals surface area contributed by atoms with Gasteiger partial charge in [-0.15, -0.1) is 0 Å². The molecule has 2 aromatic heterocycles. The highest BCUT2D eigenvalue weighted by atomic mass is 15.2. The number of H-pyrrole nitrogens is 1. The fourth-order valence-corrected chi connectivity index (χ4v) is 4.04. The third-order valence-corrected chi connectivity index (χ3v) is 5.42. The maximum atomic E-state index is 4.22. The van der Waals surface area contributed by atoms with Crippen LogP contribution >= 0.6 is 0 Å². The van der Waals surface area contributed by atoms with Gasteiger partial charge in [-0.2, -0.15) is 0 Å². The van der Waals surface area contributed by atoms with Gasteiger partial charge in [-0.05, 0) is 62.5 Å². The van der Waals surface area contributed by atoms with Crippen molar-refractivity contribution >= 4 is 10.9 Å². The molecule has 1 atom stereocenters. The van der Waals surface area contributed by atoms with Gasteiger partial charge < -0.3 is 4.98 Å². The number of benzene rings is 1. The molecule has 0 unspecified atom stereocenters. The van der Waals surface area contributed by atoms with Crippen LogP contribution in [-0.2, 0) is 0 Å². The molecule has 4 rings (SSSR count). The molecule has 0 bridgehead atoms. The van der Waals surface area contributed by atoms with Crippen LogP contribution in [0.3, 0.4) is 0 Å². The second-order valence-electron chi connectivity index (χ2n) is 7.11. The van der Waals surface area contributed by atoms with Gasteiger partial charge in [0.15, 0.2) is 0 Å². The average Bonchev–Trinajstić information content (AvgIpc) is 2.94. The zero-order chi connectivity index (χ0) is 16.5. The van der Waals surface area contributed by atoms with Crippen molar-refractivity contribution in [2.24, 2.45) is 5.92 Å². The number of piperidine rings is 1. The summed E-state index contributed by atoms with van der Waals surface area (Å²) in [5.74, 6) is 0.836. The molecular weight excluding hydrogens is 294 g/mol. The number of hydrogen-bond donors (Lipinski definition) is 1. The lowest BCUT2D eigenvalue weighted by Gasteiger charge is -2.37. The summed E-state index contributed by atoms with van der Waals surface area (Å²) in [5, 5.41) is 1.34. The lowest BCUT2D eigenvalue weighted by atomic mass is 9.91. The summed E-state index contributed by atoms with van der Waals surface area (Å²) in [4.78, 5) is 10.5. The van der Waals surface area contributed by atoms with Gasteiger partial charge in [0.25, 0.3) is 0 Å². The molecule has 0 radical (unpaired) electrons. The highest BCUT2D eigenvalue weighted by Crippen LogP contribution is 2.37. The van der Waals surface area contributed by atoms with E-state index in [1.54, 1.807) is 0 Å². The summed E-state index contributed by atoms with van der Waals surface area (Å²) >= 11 is 0. The predicted molar refractivity (Wildman–Crippen MR) is 99.1 cm³/mol. The smallest absolute Gasteiger partial charge is 0.0626 e. The molecule has 0 saturated carbocycles. The third-order valence-electron chi connectivity index (χ3n) is 5.42. The minimum atomic E-state index is 0.302. The Hall–Kier alpha value is -2.13. The van der Waals surface area contributed by atoms with Gasteiger partial charge in [-0.3, -0.25) is 9.88 Å².